The highest BCUT2D eigenvalue weighted by atomic mass is 14.7. The largest absolute Gasteiger partial charge is 0.260 e. The molecule has 0 amide bonds. The standard InChI is InChI=1S/C15H15N.C2H6/c1-11-14-7-3-2-5-12(14)8-9-13-6-4-10-16-15(11)13;1-2/h2-7,10-11H,8-9H2,1H3;1-2H3. The van der Waals surface area contributed by atoms with Crippen LogP contribution in [0.1, 0.15) is 49.1 Å². The first-order valence-corrected chi connectivity index (χ1v) is 6.88. The zero-order valence-electron chi connectivity index (χ0n) is 11.5. The Morgan fingerprint density at radius 3 is 2.44 bits per heavy atom. The molecule has 0 radical (unpaired) electrons. The number of aryl methyl sites for hydroxylation is 2. The maximum absolute atomic E-state index is 4.56. The lowest BCUT2D eigenvalue weighted by Gasteiger charge is -2.13. The molecule has 1 nitrogen and oxygen atoms in total. The summed E-state index contributed by atoms with van der Waals surface area (Å²) < 4.78 is 0. The number of benzene rings is 1. The van der Waals surface area contributed by atoms with Crippen LogP contribution >= 0.6 is 0 Å². The molecule has 1 unspecified atom stereocenters. The van der Waals surface area contributed by atoms with Gasteiger partial charge in [0, 0.05) is 12.1 Å². The topological polar surface area (TPSA) is 12.9 Å². The molecule has 1 heteroatoms. The van der Waals surface area contributed by atoms with E-state index in [1.54, 1.807) is 0 Å². The molecule has 1 aromatic heterocycles. The van der Waals surface area contributed by atoms with Crippen LogP contribution in [0.2, 0.25) is 0 Å². The molecule has 0 saturated heterocycles. The van der Waals surface area contributed by atoms with E-state index in [9.17, 15) is 0 Å². The van der Waals surface area contributed by atoms with Crippen molar-refractivity contribution in [1.29, 1.82) is 0 Å². The number of hydrogen-bond donors (Lipinski definition) is 0. The van der Waals surface area contributed by atoms with Crippen molar-refractivity contribution < 1.29 is 0 Å². The van der Waals surface area contributed by atoms with Crippen molar-refractivity contribution in [3.63, 3.8) is 0 Å². The molecule has 1 aliphatic carbocycles. The molecular formula is C17H21N. The molecule has 0 aliphatic heterocycles. The van der Waals surface area contributed by atoms with E-state index in [2.05, 4.69) is 42.2 Å². The number of hydrogen-bond acceptors (Lipinski definition) is 1. The fraction of sp³-hybridized carbons (Fsp3) is 0.353. The second-order valence-electron chi connectivity index (χ2n) is 4.47. The van der Waals surface area contributed by atoms with E-state index in [0.717, 1.165) is 12.8 Å². The predicted molar refractivity (Wildman–Crippen MR) is 77.0 cm³/mol. The van der Waals surface area contributed by atoms with Crippen molar-refractivity contribution >= 4 is 0 Å². The summed E-state index contributed by atoms with van der Waals surface area (Å²) in [5, 5.41) is 0. The minimum absolute atomic E-state index is 0.426. The highest BCUT2D eigenvalue weighted by Gasteiger charge is 2.20. The van der Waals surface area contributed by atoms with Gasteiger partial charge in [-0.15, -0.1) is 0 Å². The van der Waals surface area contributed by atoms with Gasteiger partial charge in [-0.2, -0.15) is 0 Å². The van der Waals surface area contributed by atoms with Gasteiger partial charge in [-0.3, -0.25) is 4.98 Å². The van der Waals surface area contributed by atoms with Crippen LogP contribution in [-0.4, -0.2) is 4.98 Å². The van der Waals surface area contributed by atoms with Crippen molar-refractivity contribution in [3.8, 4) is 0 Å². The number of fused-ring (bicyclic) bond motifs is 2. The molecule has 0 bridgehead atoms. The Morgan fingerprint density at radius 2 is 1.61 bits per heavy atom. The van der Waals surface area contributed by atoms with E-state index >= 15 is 0 Å². The molecule has 0 saturated carbocycles. The van der Waals surface area contributed by atoms with Gasteiger partial charge in [0.1, 0.15) is 0 Å². The molecule has 0 fully saturated rings. The lowest BCUT2D eigenvalue weighted by Crippen LogP contribution is -2.01. The fourth-order valence-corrected chi connectivity index (χ4v) is 2.65. The van der Waals surface area contributed by atoms with E-state index in [0.29, 0.717) is 5.92 Å². The summed E-state index contributed by atoms with van der Waals surface area (Å²) in [6.07, 6.45) is 4.16. The summed E-state index contributed by atoms with van der Waals surface area (Å²) in [5.41, 5.74) is 5.59. The normalized spacial score (nSPS) is 16.7. The van der Waals surface area contributed by atoms with Crippen molar-refractivity contribution in [2.45, 2.75) is 39.5 Å². The van der Waals surface area contributed by atoms with Crippen LogP contribution in [0.25, 0.3) is 0 Å². The molecule has 94 valence electrons. The fourth-order valence-electron chi connectivity index (χ4n) is 2.65. The van der Waals surface area contributed by atoms with Crippen LogP contribution < -0.4 is 0 Å². The first-order valence-electron chi connectivity index (χ1n) is 6.88. The van der Waals surface area contributed by atoms with Crippen molar-refractivity contribution in [1.82, 2.24) is 4.98 Å². The number of nitrogens with zero attached hydrogens (tertiary/aromatic N) is 1. The van der Waals surface area contributed by atoms with Gasteiger partial charge in [-0.1, -0.05) is 51.1 Å². The average molecular weight is 239 g/mol. The number of pyridine rings is 1. The second kappa shape index (κ2) is 5.81. The third-order valence-corrected chi connectivity index (χ3v) is 3.52. The van der Waals surface area contributed by atoms with E-state index in [1.165, 1.54) is 22.4 Å². The van der Waals surface area contributed by atoms with Gasteiger partial charge in [0.15, 0.2) is 0 Å². The first-order chi connectivity index (χ1) is 8.86. The van der Waals surface area contributed by atoms with Gasteiger partial charge in [0.2, 0.25) is 0 Å². The lowest BCUT2D eigenvalue weighted by molar-refractivity contribution is 0.860. The quantitative estimate of drug-likeness (QED) is 0.665. The summed E-state index contributed by atoms with van der Waals surface area (Å²) in [6, 6.07) is 13.0. The Balaban J connectivity index is 0.000000574. The van der Waals surface area contributed by atoms with Crippen LogP contribution in [0.3, 0.4) is 0 Å². The molecule has 1 aromatic carbocycles. The summed E-state index contributed by atoms with van der Waals surface area (Å²) in [7, 11) is 0. The van der Waals surface area contributed by atoms with Crippen LogP contribution in [0.15, 0.2) is 42.6 Å². The maximum atomic E-state index is 4.56. The molecule has 3 rings (SSSR count). The van der Waals surface area contributed by atoms with E-state index in [-0.39, 0.29) is 0 Å². The first kappa shape index (κ1) is 12.8. The Kier molecular flexibility index (Phi) is 4.14. The zero-order chi connectivity index (χ0) is 13.0. The van der Waals surface area contributed by atoms with Crippen molar-refractivity contribution in [2.75, 3.05) is 0 Å². The van der Waals surface area contributed by atoms with Crippen LogP contribution in [0.4, 0.5) is 0 Å². The Labute approximate surface area is 110 Å². The van der Waals surface area contributed by atoms with E-state index < -0.39 is 0 Å². The third-order valence-electron chi connectivity index (χ3n) is 3.52. The SMILES string of the molecule is CC.CC1c2ccccc2CCc2cccnc21. The molecular weight excluding hydrogens is 218 g/mol. The Morgan fingerprint density at radius 1 is 0.944 bits per heavy atom. The minimum Gasteiger partial charge on any atom is -0.260 e. The van der Waals surface area contributed by atoms with Crippen molar-refractivity contribution in [2.24, 2.45) is 0 Å². The highest BCUT2D eigenvalue weighted by Crippen LogP contribution is 2.31. The molecule has 2 aromatic rings. The van der Waals surface area contributed by atoms with Gasteiger partial charge in [-0.05, 0) is 35.6 Å². The average Bonchev–Trinajstić information content (AvgIpc) is 2.60. The predicted octanol–water partition coefficient (Wildman–Crippen LogP) is 4.36. The molecule has 1 heterocycles. The summed E-state index contributed by atoms with van der Waals surface area (Å²) in [5.74, 6) is 0.426. The van der Waals surface area contributed by atoms with Crippen LogP contribution in [0, 0.1) is 0 Å². The van der Waals surface area contributed by atoms with Crippen LogP contribution in [0.5, 0.6) is 0 Å². The zero-order valence-corrected chi connectivity index (χ0v) is 11.5. The monoisotopic (exact) mass is 239 g/mol. The molecule has 0 N–H and O–H groups in total. The highest BCUT2D eigenvalue weighted by molar-refractivity contribution is 5.41. The maximum Gasteiger partial charge on any atom is 0.0507 e. The van der Waals surface area contributed by atoms with E-state index in [4.69, 9.17) is 0 Å². The van der Waals surface area contributed by atoms with Crippen molar-refractivity contribution in [3.05, 3.63) is 65.0 Å². The smallest absolute Gasteiger partial charge is 0.0507 e. The van der Waals surface area contributed by atoms with Gasteiger partial charge in [0.05, 0.1) is 5.69 Å². The summed E-state index contributed by atoms with van der Waals surface area (Å²) in [4.78, 5) is 4.56. The van der Waals surface area contributed by atoms with Gasteiger partial charge in [-0.25, -0.2) is 0 Å². The lowest BCUT2D eigenvalue weighted by atomic mass is 9.93. The summed E-state index contributed by atoms with van der Waals surface area (Å²) >= 11 is 0. The van der Waals surface area contributed by atoms with Gasteiger partial charge >= 0.3 is 0 Å². The van der Waals surface area contributed by atoms with E-state index in [1.807, 2.05) is 26.1 Å². The van der Waals surface area contributed by atoms with Crippen LogP contribution in [-0.2, 0) is 12.8 Å². The second-order valence-corrected chi connectivity index (χ2v) is 4.47. The Hall–Kier alpha value is -1.63. The minimum atomic E-state index is 0.426. The number of aromatic nitrogens is 1. The summed E-state index contributed by atoms with van der Waals surface area (Å²) in [6.45, 7) is 6.26. The number of rotatable bonds is 0. The van der Waals surface area contributed by atoms with Gasteiger partial charge < -0.3 is 0 Å². The molecule has 18 heavy (non-hydrogen) atoms. The Bertz CT molecular complexity index is 469. The molecule has 1 atom stereocenters. The molecule has 0 spiro atoms. The van der Waals surface area contributed by atoms with Gasteiger partial charge in [0.25, 0.3) is 0 Å². The third kappa shape index (κ3) is 2.31. The molecule has 1 aliphatic rings.